The van der Waals surface area contributed by atoms with Crippen LogP contribution in [-0.2, 0) is 22.6 Å². The summed E-state index contributed by atoms with van der Waals surface area (Å²) in [5.74, 6) is -1.23. The highest BCUT2D eigenvalue weighted by Gasteiger charge is 2.26. The molecule has 0 saturated carbocycles. The SMILES string of the molecule is CN1CCN(C(CNC(=O)C(=O)NCc2ccc(Cl)cc2)c2ccc3c(c2)CCCN3C)CC1. The summed E-state index contributed by atoms with van der Waals surface area (Å²) in [7, 11) is 4.27. The van der Waals surface area contributed by atoms with Gasteiger partial charge in [0.25, 0.3) is 0 Å². The summed E-state index contributed by atoms with van der Waals surface area (Å²) >= 11 is 5.90. The molecule has 2 aromatic carbocycles. The van der Waals surface area contributed by atoms with Crippen molar-refractivity contribution in [3.8, 4) is 0 Å². The lowest BCUT2D eigenvalue weighted by Gasteiger charge is -2.39. The van der Waals surface area contributed by atoms with Crippen molar-refractivity contribution in [3.05, 3.63) is 64.2 Å². The van der Waals surface area contributed by atoms with E-state index in [-0.39, 0.29) is 12.6 Å². The zero-order chi connectivity index (χ0) is 24.1. The normalized spacial score (nSPS) is 17.7. The Kier molecular flexibility index (Phi) is 8.08. The summed E-state index contributed by atoms with van der Waals surface area (Å²) < 4.78 is 0. The van der Waals surface area contributed by atoms with Crippen LogP contribution in [-0.4, -0.2) is 75.0 Å². The molecule has 2 aliphatic heterocycles. The average molecular weight is 484 g/mol. The molecular formula is C26H34ClN5O2. The van der Waals surface area contributed by atoms with Crippen LogP contribution in [0.25, 0.3) is 0 Å². The van der Waals surface area contributed by atoms with Gasteiger partial charge in [-0.25, -0.2) is 0 Å². The number of carbonyl (C=O) groups is 2. The van der Waals surface area contributed by atoms with Crippen molar-refractivity contribution in [2.24, 2.45) is 0 Å². The molecule has 2 amide bonds. The van der Waals surface area contributed by atoms with Crippen molar-refractivity contribution < 1.29 is 9.59 Å². The van der Waals surface area contributed by atoms with E-state index in [1.54, 1.807) is 12.1 Å². The maximum Gasteiger partial charge on any atom is 0.309 e. The minimum Gasteiger partial charge on any atom is -0.374 e. The van der Waals surface area contributed by atoms with Crippen LogP contribution >= 0.6 is 11.6 Å². The van der Waals surface area contributed by atoms with Gasteiger partial charge in [0.15, 0.2) is 0 Å². The molecule has 1 atom stereocenters. The first kappa shape index (κ1) is 24.5. The van der Waals surface area contributed by atoms with E-state index >= 15 is 0 Å². The molecule has 7 nitrogen and oxygen atoms in total. The molecule has 2 N–H and O–H groups in total. The van der Waals surface area contributed by atoms with Crippen LogP contribution in [0.4, 0.5) is 5.69 Å². The van der Waals surface area contributed by atoms with Crippen molar-refractivity contribution in [2.75, 3.05) is 58.3 Å². The van der Waals surface area contributed by atoms with Gasteiger partial charge in [0, 0.05) is 63.6 Å². The number of aryl methyl sites for hydroxylation is 1. The number of anilines is 1. The second-order valence-electron chi connectivity index (χ2n) is 9.29. The van der Waals surface area contributed by atoms with E-state index in [0.29, 0.717) is 11.6 Å². The Balaban J connectivity index is 1.42. The number of rotatable bonds is 6. The lowest BCUT2D eigenvalue weighted by atomic mass is 9.95. The zero-order valence-electron chi connectivity index (χ0n) is 20.0. The summed E-state index contributed by atoms with van der Waals surface area (Å²) in [6.45, 7) is 5.58. The van der Waals surface area contributed by atoms with Crippen molar-refractivity contribution in [1.82, 2.24) is 20.4 Å². The smallest absolute Gasteiger partial charge is 0.309 e. The molecule has 0 bridgehead atoms. The predicted octanol–water partition coefficient (Wildman–Crippen LogP) is 2.44. The molecular weight excluding hydrogens is 450 g/mol. The molecule has 4 rings (SSSR count). The Morgan fingerprint density at radius 2 is 1.65 bits per heavy atom. The number of amides is 2. The molecule has 0 aromatic heterocycles. The van der Waals surface area contributed by atoms with Crippen LogP contribution in [0, 0.1) is 0 Å². The second kappa shape index (κ2) is 11.2. The van der Waals surface area contributed by atoms with Gasteiger partial charge >= 0.3 is 11.8 Å². The highest BCUT2D eigenvalue weighted by Crippen LogP contribution is 2.31. The van der Waals surface area contributed by atoms with Crippen molar-refractivity contribution >= 4 is 29.1 Å². The van der Waals surface area contributed by atoms with E-state index in [0.717, 1.165) is 51.1 Å². The number of hydrogen-bond acceptors (Lipinski definition) is 5. The third-order valence-corrected chi connectivity index (χ3v) is 7.10. The van der Waals surface area contributed by atoms with Gasteiger partial charge in [-0.05, 0) is 54.8 Å². The Bertz CT molecular complexity index is 1000. The molecule has 34 heavy (non-hydrogen) atoms. The van der Waals surface area contributed by atoms with Crippen LogP contribution in [0.1, 0.15) is 29.2 Å². The van der Waals surface area contributed by atoms with Gasteiger partial charge in [-0.15, -0.1) is 0 Å². The van der Waals surface area contributed by atoms with Crippen molar-refractivity contribution in [1.29, 1.82) is 0 Å². The van der Waals surface area contributed by atoms with Crippen molar-refractivity contribution in [2.45, 2.75) is 25.4 Å². The summed E-state index contributed by atoms with van der Waals surface area (Å²) in [5, 5.41) is 6.21. The van der Waals surface area contributed by atoms with Crippen LogP contribution < -0.4 is 15.5 Å². The first-order valence-electron chi connectivity index (χ1n) is 12.0. The highest BCUT2D eigenvalue weighted by atomic mass is 35.5. The minimum atomic E-state index is -0.626. The molecule has 182 valence electrons. The number of hydrogen-bond donors (Lipinski definition) is 2. The zero-order valence-corrected chi connectivity index (χ0v) is 20.8. The van der Waals surface area contributed by atoms with Gasteiger partial charge in [-0.3, -0.25) is 14.5 Å². The van der Waals surface area contributed by atoms with E-state index in [2.05, 4.69) is 57.6 Å². The lowest BCUT2D eigenvalue weighted by Crippen LogP contribution is -2.49. The Labute approximate surface area is 207 Å². The molecule has 8 heteroatoms. The molecule has 2 aromatic rings. The first-order valence-corrected chi connectivity index (χ1v) is 12.4. The van der Waals surface area contributed by atoms with Crippen LogP contribution in [0.15, 0.2) is 42.5 Å². The molecule has 0 radical (unpaired) electrons. The maximum absolute atomic E-state index is 12.6. The van der Waals surface area contributed by atoms with E-state index in [1.807, 2.05) is 12.1 Å². The number of nitrogens with zero attached hydrogens (tertiary/aromatic N) is 3. The third kappa shape index (κ3) is 6.09. The fourth-order valence-corrected chi connectivity index (χ4v) is 4.86. The van der Waals surface area contributed by atoms with Gasteiger partial charge < -0.3 is 20.4 Å². The number of carbonyl (C=O) groups excluding carboxylic acids is 2. The highest BCUT2D eigenvalue weighted by molar-refractivity contribution is 6.35. The summed E-state index contributed by atoms with van der Waals surface area (Å²) in [5.41, 5.74) is 4.73. The number of likely N-dealkylation sites (N-methyl/N-ethyl adjacent to an activating group) is 1. The summed E-state index contributed by atoms with van der Waals surface area (Å²) in [6.07, 6.45) is 2.22. The van der Waals surface area contributed by atoms with Gasteiger partial charge in [-0.1, -0.05) is 35.9 Å². The first-order chi connectivity index (χ1) is 16.4. The monoisotopic (exact) mass is 483 g/mol. The average Bonchev–Trinajstić information content (AvgIpc) is 2.84. The second-order valence-corrected chi connectivity index (χ2v) is 9.72. The number of nitrogens with one attached hydrogen (secondary N) is 2. The number of fused-ring (bicyclic) bond motifs is 1. The fraction of sp³-hybridized carbons (Fsp3) is 0.462. The lowest BCUT2D eigenvalue weighted by molar-refractivity contribution is -0.139. The van der Waals surface area contributed by atoms with Gasteiger partial charge in [0.1, 0.15) is 0 Å². The molecule has 0 aliphatic carbocycles. The molecule has 1 fully saturated rings. The van der Waals surface area contributed by atoms with Crippen LogP contribution in [0.3, 0.4) is 0 Å². The Morgan fingerprint density at radius 3 is 2.38 bits per heavy atom. The summed E-state index contributed by atoms with van der Waals surface area (Å²) in [6, 6.07) is 13.9. The van der Waals surface area contributed by atoms with E-state index in [9.17, 15) is 9.59 Å². The standard InChI is InChI=1S/C26H34ClN5O2/c1-30-12-14-32(15-13-30)24(21-7-10-23-20(16-21)4-3-11-31(23)2)18-29-26(34)25(33)28-17-19-5-8-22(27)9-6-19/h5-10,16,24H,3-4,11-15,17-18H2,1-2H3,(H,28,33)(H,29,34). The summed E-state index contributed by atoms with van der Waals surface area (Å²) in [4.78, 5) is 32.0. The van der Waals surface area contributed by atoms with E-state index in [4.69, 9.17) is 11.6 Å². The number of halogens is 1. The molecule has 0 spiro atoms. The fourth-order valence-electron chi connectivity index (χ4n) is 4.74. The van der Waals surface area contributed by atoms with Gasteiger partial charge in [0.05, 0.1) is 6.04 Å². The predicted molar refractivity (Wildman–Crippen MR) is 136 cm³/mol. The maximum atomic E-state index is 12.6. The van der Waals surface area contributed by atoms with Gasteiger partial charge in [-0.2, -0.15) is 0 Å². The van der Waals surface area contributed by atoms with Crippen LogP contribution in [0.2, 0.25) is 5.02 Å². The number of piperazine rings is 1. The molecule has 2 heterocycles. The quantitative estimate of drug-likeness (QED) is 0.618. The third-order valence-electron chi connectivity index (χ3n) is 6.85. The Hall–Kier alpha value is -2.61. The van der Waals surface area contributed by atoms with E-state index in [1.165, 1.54) is 16.8 Å². The minimum absolute atomic E-state index is 0.0271. The van der Waals surface area contributed by atoms with Crippen molar-refractivity contribution in [3.63, 3.8) is 0 Å². The topological polar surface area (TPSA) is 67.9 Å². The molecule has 1 unspecified atom stereocenters. The number of benzene rings is 2. The Morgan fingerprint density at radius 1 is 0.941 bits per heavy atom. The van der Waals surface area contributed by atoms with Gasteiger partial charge in [0.2, 0.25) is 0 Å². The van der Waals surface area contributed by atoms with Crippen LogP contribution in [0.5, 0.6) is 0 Å². The largest absolute Gasteiger partial charge is 0.374 e. The molecule has 2 aliphatic rings. The molecule has 1 saturated heterocycles. The van der Waals surface area contributed by atoms with E-state index < -0.39 is 11.8 Å².